The van der Waals surface area contributed by atoms with Gasteiger partial charge in [-0.15, -0.1) is 23.5 Å². The summed E-state index contributed by atoms with van der Waals surface area (Å²) >= 11 is 13.1. The third-order valence-corrected chi connectivity index (χ3v) is 8.68. The van der Waals surface area contributed by atoms with E-state index in [-0.39, 0.29) is 9.92 Å². The maximum atomic E-state index is 12.5. The number of nitrogens with one attached hydrogen (secondary N) is 1. The number of thioether (sulfide) groups is 2. The molecule has 1 aliphatic rings. The summed E-state index contributed by atoms with van der Waals surface area (Å²) in [7, 11) is -3.72. The number of rotatable bonds is 4. The van der Waals surface area contributed by atoms with E-state index in [1.807, 2.05) is 41.7 Å². The zero-order valence-corrected chi connectivity index (χ0v) is 16.6. The van der Waals surface area contributed by atoms with E-state index in [1.54, 1.807) is 18.2 Å². The average Bonchev–Trinajstić information content (AvgIpc) is 3.00. The topological polar surface area (TPSA) is 46.2 Å². The summed E-state index contributed by atoms with van der Waals surface area (Å²) < 4.78 is 28.8. The molecule has 0 saturated carbocycles. The number of sulfonamides is 1. The van der Waals surface area contributed by atoms with E-state index < -0.39 is 10.0 Å². The zero-order valence-electron chi connectivity index (χ0n) is 11.8. The summed E-state index contributed by atoms with van der Waals surface area (Å²) in [6.07, 6.45) is 0. The van der Waals surface area contributed by atoms with Crippen LogP contribution in [0.3, 0.4) is 0 Å². The molecule has 0 radical (unpaired) electrons. The Morgan fingerprint density at radius 3 is 2.57 bits per heavy atom. The second-order valence-corrected chi connectivity index (χ2v) is 10.6. The molecule has 0 atom stereocenters. The zero-order chi connectivity index (χ0) is 16.4. The number of anilines is 1. The fraction of sp³-hybridized carbons (Fsp3) is 0.200. The molecule has 2 aromatic rings. The fourth-order valence-corrected chi connectivity index (χ4v) is 7.13. The normalized spacial score (nSPS) is 15.7. The van der Waals surface area contributed by atoms with Crippen molar-refractivity contribution in [2.24, 2.45) is 0 Å². The van der Waals surface area contributed by atoms with E-state index in [9.17, 15) is 8.42 Å². The molecule has 0 unspecified atom stereocenters. The smallest absolute Gasteiger partial charge is 0.263 e. The predicted molar refractivity (Wildman–Crippen MR) is 104 cm³/mol. The Morgan fingerprint density at radius 1 is 1.13 bits per heavy atom. The molecule has 23 heavy (non-hydrogen) atoms. The fourth-order valence-electron chi connectivity index (χ4n) is 2.20. The molecule has 0 aliphatic carbocycles. The molecule has 1 N–H and O–H groups in total. The summed E-state index contributed by atoms with van der Waals surface area (Å²) in [5, 5.41) is 0.185. The summed E-state index contributed by atoms with van der Waals surface area (Å²) in [6, 6.07) is 12.2. The van der Waals surface area contributed by atoms with Crippen LogP contribution in [0.1, 0.15) is 10.1 Å². The highest BCUT2D eigenvalue weighted by molar-refractivity contribution is 9.10. The number of benzene rings is 2. The maximum absolute atomic E-state index is 12.5. The molecule has 0 amide bonds. The van der Waals surface area contributed by atoms with Gasteiger partial charge in [-0.3, -0.25) is 4.72 Å². The average molecular weight is 451 g/mol. The van der Waals surface area contributed by atoms with Crippen molar-refractivity contribution in [1.29, 1.82) is 0 Å². The quantitative estimate of drug-likeness (QED) is 0.679. The van der Waals surface area contributed by atoms with Crippen LogP contribution in [-0.4, -0.2) is 19.9 Å². The van der Waals surface area contributed by atoms with Crippen molar-refractivity contribution in [1.82, 2.24) is 0 Å². The molecule has 1 fully saturated rings. The number of hydrogen-bond donors (Lipinski definition) is 1. The molecule has 3 nitrogen and oxygen atoms in total. The molecular weight excluding hydrogens is 438 g/mol. The highest BCUT2D eigenvalue weighted by atomic mass is 79.9. The number of halogens is 2. The van der Waals surface area contributed by atoms with Crippen LogP contribution in [0.25, 0.3) is 0 Å². The van der Waals surface area contributed by atoms with Gasteiger partial charge >= 0.3 is 0 Å². The van der Waals surface area contributed by atoms with Gasteiger partial charge in [0.05, 0.1) is 9.60 Å². The van der Waals surface area contributed by atoms with Gasteiger partial charge in [0.2, 0.25) is 0 Å². The third-order valence-electron chi connectivity index (χ3n) is 3.22. The van der Waals surface area contributed by atoms with Gasteiger partial charge in [0.15, 0.2) is 0 Å². The van der Waals surface area contributed by atoms with Gasteiger partial charge in [0.1, 0.15) is 4.90 Å². The first-order chi connectivity index (χ1) is 11.0. The van der Waals surface area contributed by atoms with Gasteiger partial charge in [-0.2, -0.15) is 0 Å². The Morgan fingerprint density at radius 2 is 1.87 bits per heavy atom. The Hall–Kier alpha value is -0.340. The maximum Gasteiger partial charge on any atom is 0.263 e. The van der Waals surface area contributed by atoms with Crippen molar-refractivity contribution in [3.8, 4) is 0 Å². The van der Waals surface area contributed by atoms with Crippen molar-refractivity contribution in [2.75, 3.05) is 16.2 Å². The molecular formula is C15H13BrClNO2S3. The first-order valence-corrected chi connectivity index (χ1v) is 11.5. The Labute approximate surface area is 157 Å². The lowest BCUT2D eigenvalue weighted by Gasteiger charge is -2.13. The van der Waals surface area contributed by atoms with Crippen LogP contribution in [0.2, 0.25) is 5.02 Å². The minimum Gasteiger partial charge on any atom is -0.280 e. The van der Waals surface area contributed by atoms with Crippen molar-refractivity contribution < 1.29 is 8.42 Å². The van der Waals surface area contributed by atoms with Crippen molar-refractivity contribution in [2.45, 2.75) is 9.48 Å². The van der Waals surface area contributed by atoms with E-state index >= 15 is 0 Å². The highest BCUT2D eigenvalue weighted by Gasteiger charge is 2.21. The largest absolute Gasteiger partial charge is 0.280 e. The highest BCUT2D eigenvalue weighted by Crippen LogP contribution is 2.45. The second kappa shape index (κ2) is 7.27. The molecule has 3 rings (SSSR count). The molecule has 1 saturated heterocycles. The number of hydrogen-bond acceptors (Lipinski definition) is 4. The van der Waals surface area contributed by atoms with Crippen LogP contribution in [0.5, 0.6) is 0 Å². The molecule has 2 aromatic carbocycles. The monoisotopic (exact) mass is 449 g/mol. The Balaban J connectivity index is 1.87. The molecule has 1 aliphatic heterocycles. The molecule has 1 heterocycles. The third kappa shape index (κ3) is 4.20. The van der Waals surface area contributed by atoms with Crippen molar-refractivity contribution in [3.63, 3.8) is 0 Å². The van der Waals surface area contributed by atoms with Crippen LogP contribution in [0.4, 0.5) is 5.69 Å². The second-order valence-electron chi connectivity index (χ2n) is 4.88. The van der Waals surface area contributed by atoms with E-state index in [0.717, 1.165) is 21.5 Å². The van der Waals surface area contributed by atoms with Crippen LogP contribution in [-0.2, 0) is 10.0 Å². The predicted octanol–water partition coefficient (Wildman–Crippen LogP) is 5.38. The molecule has 0 spiro atoms. The van der Waals surface area contributed by atoms with Crippen molar-refractivity contribution in [3.05, 3.63) is 57.5 Å². The summed E-state index contributed by atoms with van der Waals surface area (Å²) in [5.74, 6) is 2.25. The van der Waals surface area contributed by atoms with Crippen LogP contribution in [0, 0.1) is 0 Å². The van der Waals surface area contributed by atoms with Gasteiger partial charge in [-0.05, 0) is 35.9 Å². The standard InChI is InChI=1S/C15H13BrClNO2S3/c16-11-4-5-14(13(17)9-11)23(19,20)18-12-3-1-2-10(8-12)15-21-6-7-22-15/h1-5,8-9,15,18H,6-7H2. The molecule has 122 valence electrons. The molecule has 0 bridgehead atoms. The van der Waals surface area contributed by atoms with Crippen LogP contribution in [0.15, 0.2) is 51.8 Å². The summed E-state index contributed by atoms with van der Waals surface area (Å²) in [6.45, 7) is 0. The first-order valence-electron chi connectivity index (χ1n) is 6.77. The van der Waals surface area contributed by atoms with Gasteiger partial charge in [-0.25, -0.2) is 8.42 Å². The molecule has 8 heteroatoms. The van der Waals surface area contributed by atoms with E-state index in [1.165, 1.54) is 6.07 Å². The Bertz CT molecular complexity index is 823. The Kier molecular flexibility index (Phi) is 5.53. The minimum absolute atomic E-state index is 0.0670. The van der Waals surface area contributed by atoms with Gasteiger partial charge in [0, 0.05) is 21.7 Å². The summed E-state index contributed by atoms with van der Waals surface area (Å²) in [4.78, 5) is 0.0670. The van der Waals surface area contributed by atoms with E-state index in [4.69, 9.17) is 11.6 Å². The van der Waals surface area contributed by atoms with Crippen LogP contribution >= 0.6 is 51.1 Å². The lowest BCUT2D eigenvalue weighted by molar-refractivity contribution is 0.601. The van der Waals surface area contributed by atoms with Gasteiger partial charge < -0.3 is 0 Å². The lowest BCUT2D eigenvalue weighted by atomic mass is 10.2. The van der Waals surface area contributed by atoms with Gasteiger partial charge in [0.25, 0.3) is 10.0 Å². The SMILES string of the molecule is O=S(=O)(Nc1cccc(C2SCCS2)c1)c1ccc(Br)cc1Cl. The van der Waals surface area contributed by atoms with E-state index in [0.29, 0.717) is 10.3 Å². The summed E-state index contributed by atoms with van der Waals surface area (Å²) in [5.41, 5.74) is 1.68. The van der Waals surface area contributed by atoms with Crippen LogP contribution < -0.4 is 4.72 Å². The van der Waals surface area contributed by atoms with Crippen molar-refractivity contribution >= 4 is 66.8 Å². The lowest BCUT2D eigenvalue weighted by Crippen LogP contribution is -2.13. The van der Waals surface area contributed by atoms with Gasteiger partial charge in [-0.1, -0.05) is 39.7 Å². The first kappa shape index (κ1) is 17.5. The molecule has 0 aromatic heterocycles. The van der Waals surface area contributed by atoms with E-state index in [2.05, 4.69) is 20.7 Å². The minimum atomic E-state index is -3.72.